The van der Waals surface area contributed by atoms with Crippen LogP contribution in [0.2, 0.25) is 0 Å². The molecular weight excluding hydrogens is 196 g/mol. The van der Waals surface area contributed by atoms with Crippen molar-refractivity contribution in [2.45, 2.75) is 45.4 Å². The zero-order valence-electron chi connectivity index (χ0n) is 10.5. The van der Waals surface area contributed by atoms with Gasteiger partial charge in [-0.3, -0.25) is 0 Å². The lowest BCUT2D eigenvalue weighted by atomic mass is 9.64. The second-order valence-corrected chi connectivity index (χ2v) is 5.96. The molecule has 88 valence electrons. The Kier molecular flexibility index (Phi) is 2.96. The first-order valence-electron chi connectivity index (χ1n) is 6.29. The molecule has 1 heteroatoms. The van der Waals surface area contributed by atoms with Crippen molar-refractivity contribution < 1.29 is 5.11 Å². The van der Waals surface area contributed by atoms with E-state index in [1.54, 1.807) is 0 Å². The SMILES string of the molecule is CC1CC(C)CC(C)(c2ccc(O)cc2)C1. The smallest absolute Gasteiger partial charge is 0.115 e. The normalized spacial score (nSPS) is 34.9. The minimum atomic E-state index is 0.296. The van der Waals surface area contributed by atoms with Crippen molar-refractivity contribution in [3.05, 3.63) is 29.8 Å². The van der Waals surface area contributed by atoms with E-state index >= 15 is 0 Å². The van der Waals surface area contributed by atoms with E-state index in [-0.39, 0.29) is 0 Å². The first-order chi connectivity index (χ1) is 7.49. The van der Waals surface area contributed by atoms with Gasteiger partial charge in [-0.15, -0.1) is 0 Å². The molecule has 1 saturated carbocycles. The van der Waals surface area contributed by atoms with Crippen molar-refractivity contribution in [3.8, 4) is 5.75 Å². The van der Waals surface area contributed by atoms with Gasteiger partial charge in [0.1, 0.15) is 5.75 Å². The fourth-order valence-corrected chi connectivity index (χ4v) is 3.57. The summed E-state index contributed by atoms with van der Waals surface area (Å²) in [5.74, 6) is 1.98. The molecule has 0 spiro atoms. The summed E-state index contributed by atoms with van der Waals surface area (Å²) in [6.45, 7) is 7.08. The zero-order valence-corrected chi connectivity index (χ0v) is 10.5. The highest BCUT2D eigenvalue weighted by Gasteiger charge is 2.35. The molecule has 0 bridgehead atoms. The summed E-state index contributed by atoms with van der Waals surface area (Å²) >= 11 is 0. The Morgan fingerprint density at radius 1 is 1.06 bits per heavy atom. The summed E-state index contributed by atoms with van der Waals surface area (Å²) in [5, 5.41) is 9.34. The van der Waals surface area contributed by atoms with Gasteiger partial charge in [-0.25, -0.2) is 0 Å². The summed E-state index contributed by atoms with van der Waals surface area (Å²) in [7, 11) is 0. The van der Waals surface area contributed by atoms with Crippen LogP contribution in [-0.4, -0.2) is 5.11 Å². The molecule has 0 amide bonds. The quantitative estimate of drug-likeness (QED) is 0.752. The third-order valence-corrected chi connectivity index (χ3v) is 3.97. The van der Waals surface area contributed by atoms with Crippen LogP contribution in [0.25, 0.3) is 0 Å². The van der Waals surface area contributed by atoms with E-state index in [1.807, 2.05) is 12.1 Å². The third kappa shape index (κ3) is 2.23. The van der Waals surface area contributed by atoms with Gasteiger partial charge in [0.2, 0.25) is 0 Å². The van der Waals surface area contributed by atoms with Crippen LogP contribution >= 0.6 is 0 Å². The van der Waals surface area contributed by atoms with Crippen molar-refractivity contribution in [2.24, 2.45) is 11.8 Å². The molecule has 0 saturated heterocycles. The number of phenols is 1. The van der Waals surface area contributed by atoms with E-state index in [0.29, 0.717) is 11.2 Å². The fourth-order valence-electron chi connectivity index (χ4n) is 3.57. The van der Waals surface area contributed by atoms with Gasteiger partial charge in [-0.05, 0) is 54.2 Å². The molecule has 1 nitrogen and oxygen atoms in total. The second-order valence-electron chi connectivity index (χ2n) is 5.96. The van der Waals surface area contributed by atoms with Gasteiger partial charge >= 0.3 is 0 Å². The Morgan fingerprint density at radius 2 is 1.56 bits per heavy atom. The number of rotatable bonds is 1. The molecule has 0 aliphatic heterocycles. The fraction of sp³-hybridized carbons (Fsp3) is 0.600. The predicted molar refractivity (Wildman–Crippen MR) is 67.6 cm³/mol. The van der Waals surface area contributed by atoms with Crippen molar-refractivity contribution in [1.29, 1.82) is 0 Å². The summed E-state index contributed by atoms with van der Waals surface area (Å²) in [4.78, 5) is 0. The highest BCUT2D eigenvalue weighted by atomic mass is 16.3. The van der Waals surface area contributed by atoms with E-state index < -0.39 is 0 Å². The molecule has 0 aromatic heterocycles. The number of phenolic OH excluding ortho intramolecular Hbond substituents is 1. The van der Waals surface area contributed by atoms with Gasteiger partial charge in [0, 0.05) is 0 Å². The molecule has 1 N–H and O–H groups in total. The lowest BCUT2D eigenvalue weighted by molar-refractivity contribution is 0.194. The Labute approximate surface area is 98.5 Å². The van der Waals surface area contributed by atoms with Crippen LogP contribution in [0.3, 0.4) is 0 Å². The summed E-state index contributed by atoms with van der Waals surface area (Å²) in [6.07, 6.45) is 3.89. The van der Waals surface area contributed by atoms with Crippen LogP contribution in [-0.2, 0) is 5.41 Å². The molecular formula is C15H22O. The molecule has 1 aliphatic rings. The molecule has 0 radical (unpaired) electrons. The topological polar surface area (TPSA) is 20.2 Å². The predicted octanol–water partition coefficient (Wildman–Crippen LogP) is 4.11. The standard InChI is InChI=1S/C15H22O/c1-11-8-12(2)10-15(3,9-11)13-4-6-14(16)7-5-13/h4-7,11-12,16H,8-10H2,1-3H3. The van der Waals surface area contributed by atoms with Crippen LogP contribution in [0.4, 0.5) is 0 Å². The number of benzene rings is 1. The van der Waals surface area contributed by atoms with Crippen LogP contribution < -0.4 is 0 Å². The van der Waals surface area contributed by atoms with Gasteiger partial charge in [0.05, 0.1) is 0 Å². The minimum absolute atomic E-state index is 0.296. The van der Waals surface area contributed by atoms with Crippen LogP contribution in [0.5, 0.6) is 5.75 Å². The average molecular weight is 218 g/mol. The molecule has 1 aromatic rings. The van der Waals surface area contributed by atoms with E-state index in [4.69, 9.17) is 0 Å². The average Bonchev–Trinajstić information content (AvgIpc) is 2.16. The van der Waals surface area contributed by atoms with Crippen molar-refractivity contribution in [2.75, 3.05) is 0 Å². The molecule has 2 atom stereocenters. The van der Waals surface area contributed by atoms with Gasteiger partial charge in [0.15, 0.2) is 0 Å². The zero-order chi connectivity index (χ0) is 11.8. The highest BCUT2D eigenvalue weighted by Crippen LogP contribution is 2.44. The van der Waals surface area contributed by atoms with E-state index in [9.17, 15) is 5.11 Å². The number of hydrogen-bond acceptors (Lipinski definition) is 1. The summed E-state index contributed by atoms with van der Waals surface area (Å²) in [6, 6.07) is 7.79. The highest BCUT2D eigenvalue weighted by molar-refractivity contribution is 5.31. The van der Waals surface area contributed by atoms with Crippen LogP contribution in [0, 0.1) is 11.8 Å². The van der Waals surface area contributed by atoms with Crippen molar-refractivity contribution in [1.82, 2.24) is 0 Å². The van der Waals surface area contributed by atoms with Gasteiger partial charge in [0.25, 0.3) is 0 Å². The maximum atomic E-state index is 9.34. The van der Waals surface area contributed by atoms with Crippen LogP contribution in [0.15, 0.2) is 24.3 Å². The first kappa shape index (κ1) is 11.5. The molecule has 1 aromatic carbocycles. The van der Waals surface area contributed by atoms with Crippen molar-refractivity contribution >= 4 is 0 Å². The third-order valence-electron chi connectivity index (χ3n) is 3.97. The van der Waals surface area contributed by atoms with Crippen LogP contribution in [0.1, 0.15) is 45.6 Å². The molecule has 0 heterocycles. The van der Waals surface area contributed by atoms with Gasteiger partial charge in [-0.2, -0.15) is 0 Å². The molecule has 16 heavy (non-hydrogen) atoms. The maximum absolute atomic E-state index is 9.34. The van der Waals surface area contributed by atoms with E-state index in [0.717, 1.165) is 11.8 Å². The minimum Gasteiger partial charge on any atom is -0.508 e. The molecule has 1 aliphatic carbocycles. The first-order valence-corrected chi connectivity index (χ1v) is 6.29. The van der Waals surface area contributed by atoms with E-state index in [1.165, 1.54) is 24.8 Å². The number of hydrogen-bond donors (Lipinski definition) is 1. The Balaban J connectivity index is 2.26. The largest absolute Gasteiger partial charge is 0.508 e. The Bertz CT molecular complexity index is 342. The summed E-state index contributed by atoms with van der Waals surface area (Å²) in [5.41, 5.74) is 1.67. The Morgan fingerprint density at radius 3 is 2.06 bits per heavy atom. The maximum Gasteiger partial charge on any atom is 0.115 e. The Hall–Kier alpha value is -0.980. The molecule has 2 unspecified atom stereocenters. The second kappa shape index (κ2) is 4.12. The molecule has 2 rings (SSSR count). The van der Waals surface area contributed by atoms with E-state index in [2.05, 4.69) is 32.9 Å². The lowest BCUT2D eigenvalue weighted by Crippen LogP contribution is -2.32. The van der Waals surface area contributed by atoms with Gasteiger partial charge in [-0.1, -0.05) is 32.9 Å². The summed E-state index contributed by atoms with van der Waals surface area (Å²) < 4.78 is 0. The van der Waals surface area contributed by atoms with Crippen molar-refractivity contribution in [3.63, 3.8) is 0 Å². The molecule has 1 fully saturated rings. The number of aromatic hydroxyl groups is 1. The monoisotopic (exact) mass is 218 g/mol. The lowest BCUT2D eigenvalue weighted by Gasteiger charge is -2.41. The van der Waals surface area contributed by atoms with Gasteiger partial charge < -0.3 is 5.11 Å².